The van der Waals surface area contributed by atoms with Crippen molar-refractivity contribution in [2.75, 3.05) is 18.0 Å². The highest BCUT2D eigenvalue weighted by atomic mass is 19.1. The van der Waals surface area contributed by atoms with E-state index in [0.29, 0.717) is 11.3 Å². The standard InChI is InChI=1S/C21H17FN4O2/c22-15-6-8-16(9-7-15)26-20(27)17-18(14-4-2-13(12-23)3-5-14)24-10-1-11-25(24)19(17)21(26)28/h2-9,17-19H,1,10-11H2/t17-,18-,19-/m0/s1. The maximum Gasteiger partial charge on any atom is 0.253 e. The molecule has 2 amide bonds. The molecule has 140 valence electrons. The van der Waals surface area contributed by atoms with E-state index in [0.717, 1.165) is 25.1 Å². The van der Waals surface area contributed by atoms with Crippen molar-refractivity contribution in [1.29, 1.82) is 5.26 Å². The molecule has 6 nitrogen and oxygen atoms in total. The Kier molecular flexibility index (Phi) is 3.79. The molecular weight excluding hydrogens is 359 g/mol. The van der Waals surface area contributed by atoms with Gasteiger partial charge in [-0.3, -0.25) is 9.59 Å². The minimum absolute atomic E-state index is 0.248. The second kappa shape index (κ2) is 6.23. The molecule has 3 saturated heterocycles. The molecule has 3 fully saturated rings. The molecule has 0 aromatic heterocycles. The van der Waals surface area contributed by atoms with Gasteiger partial charge in [0.1, 0.15) is 11.9 Å². The molecule has 0 aliphatic carbocycles. The van der Waals surface area contributed by atoms with E-state index in [1.807, 2.05) is 17.1 Å². The van der Waals surface area contributed by atoms with E-state index in [2.05, 4.69) is 11.1 Å². The Balaban J connectivity index is 1.56. The number of carbonyl (C=O) groups is 2. The molecule has 3 heterocycles. The van der Waals surface area contributed by atoms with Crippen LogP contribution in [0.2, 0.25) is 0 Å². The van der Waals surface area contributed by atoms with Gasteiger partial charge in [0.25, 0.3) is 5.91 Å². The van der Waals surface area contributed by atoms with Gasteiger partial charge in [0.2, 0.25) is 5.91 Å². The first kappa shape index (κ1) is 17.0. The smallest absolute Gasteiger partial charge is 0.253 e. The summed E-state index contributed by atoms with van der Waals surface area (Å²) < 4.78 is 13.3. The van der Waals surface area contributed by atoms with Crippen molar-refractivity contribution in [1.82, 2.24) is 10.0 Å². The Hall–Kier alpha value is -3.08. The van der Waals surface area contributed by atoms with Crippen LogP contribution in [-0.4, -0.2) is 41.0 Å². The average Bonchev–Trinajstić information content (AvgIpc) is 3.35. The summed E-state index contributed by atoms with van der Waals surface area (Å²) in [6.45, 7) is 1.51. The molecule has 28 heavy (non-hydrogen) atoms. The summed E-state index contributed by atoms with van der Waals surface area (Å²) in [6, 6.07) is 13.9. The largest absolute Gasteiger partial charge is 0.274 e. The average molecular weight is 376 g/mol. The number of nitrogens with zero attached hydrogens (tertiary/aromatic N) is 4. The molecule has 0 N–H and O–H groups in total. The summed E-state index contributed by atoms with van der Waals surface area (Å²) in [7, 11) is 0. The minimum atomic E-state index is -0.541. The number of imide groups is 1. The van der Waals surface area contributed by atoms with Crippen molar-refractivity contribution in [3.63, 3.8) is 0 Å². The molecule has 0 bridgehead atoms. The molecule has 0 saturated carbocycles. The summed E-state index contributed by atoms with van der Waals surface area (Å²) in [4.78, 5) is 27.7. The Morgan fingerprint density at radius 3 is 2.18 bits per heavy atom. The van der Waals surface area contributed by atoms with Crippen molar-refractivity contribution >= 4 is 17.5 Å². The lowest BCUT2D eigenvalue weighted by atomic mass is 9.89. The number of fused-ring (bicyclic) bond motifs is 3. The topological polar surface area (TPSA) is 67.6 Å². The SMILES string of the molecule is N#Cc1ccc([C@H]2[C@@H]3C(=O)N(c4ccc(F)cc4)C(=O)[C@H]3N3CCCN23)cc1. The zero-order valence-corrected chi connectivity index (χ0v) is 15.0. The molecule has 3 aliphatic heterocycles. The van der Waals surface area contributed by atoms with Crippen molar-refractivity contribution in [2.24, 2.45) is 5.92 Å². The van der Waals surface area contributed by atoms with Crippen molar-refractivity contribution in [3.05, 3.63) is 65.5 Å². The molecular formula is C21H17FN4O2. The fraction of sp³-hybridized carbons (Fsp3) is 0.286. The van der Waals surface area contributed by atoms with Crippen LogP contribution in [0.1, 0.15) is 23.6 Å². The van der Waals surface area contributed by atoms with E-state index >= 15 is 0 Å². The lowest BCUT2D eigenvalue weighted by Gasteiger charge is -2.29. The second-order valence-corrected chi connectivity index (χ2v) is 7.32. The molecule has 0 radical (unpaired) electrons. The number of rotatable bonds is 2. The molecule has 3 atom stereocenters. The highest BCUT2D eigenvalue weighted by Crippen LogP contribution is 2.48. The summed E-state index contributed by atoms with van der Waals surface area (Å²) in [6.07, 6.45) is 0.925. The number of hydrogen-bond acceptors (Lipinski definition) is 5. The first-order valence-electron chi connectivity index (χ1n) is 9.27. The lowest BCUT2D eigenvalue weighted by Crippen LogP contribution is -2.44. The Labute approximate surface area is 161 Å². The van der Waals surface area contributed by atoms with Gasteiger partial charge >= 0.3 is 0 Å². The normalized spacial score (nSPS) is 27.1. The van der Waals surface area contributed by atoms with Crippen molar-refractivity contribution in [3.8, 4) is 6.07 Å². The number of carbonyl (C=O) groups excluding carboxylic acids is 2. The zero-order chi connectivity index (χ0) is 19.4. The third kappa shape index (κ3) is 2.32. The number of hydrogen-bond donors (Lipinski definition) is 0. The molecule has 0 spiro atoms. The van der Waals surface area contributed by atoms with Crippen molar-refractivity contribution < 1.29 is 14.0 Å². The summed E-state index contributed by atoms with van der Waals surface area (Å²) >= 11 is 0. The predicted octanol–water partition coefficient (Wildman–Crippen LogP) is 2.23. The van der Waals surface area contributed by atoms with Crippen LogP contribution in [0.15, 0.2) is 48.5 Å². The molecule has 7 heteroatoms. The molecule has 2 aromatic carbocycles. The van der Waals surface area contributed by atoms with Crippen LogP contribution in [0.25, 0.3) is 0 Å². The van der Waals surface area contributed by atoms with E-state index in [1.165, 1.54) is 29.2 Å². The highest BCUT2D eigenvalue weighted by Gasteiger charge is 2.62. The third-order valence-electron chi connectivity index (χ3n) is 5.87. The monoisotopic (exact) mass is 376 g/mol. The first-order chi connectivity index (χ1) is 13.6. The van der Waals surface area contributed by atoms with Crippen LogP contribution in [0.5, 0.6) is 0 Å². The van der Waals surface area contributed by atoms with Crippen LogP contribution < -0.4 is 4.90 Å². The van der Waals surface area contributed by atoms with Crippen LogP contribution in [-0.2, 0) is 9.59 Å². The van der Waals surface area contributed by atoms with Gasteiger partial charge in [-0.2, -0.15) is 5.26 Å². The Morgan fingerprint density at radius 2 is 1.54 bits per heavy atom. The lowest BCUT2D eigenvalue weighted by molar-refractivity contribution is -0.126. The van der Waals surface area contributed by atoms with E-state index in [9.17, 15) is 14.0 Å². The molecule has 3 aliphatic rings. The fourth-order valence-corrected chi connectivity index (χ4v) is 4.71. The van der Waals surface area contributed by atoms with Crippen LogP contribution >= 0.6 is 0 Å². The number of amides is 2. The molecule has 5 rings (SSSR count). The number of halogens is 1. The van der Waals surface area contributed by atoms with E-state index in [4.69, 9.17) is 5.26 Å². The summed E-state index contributed by atoms with van der Waals surface area (Å²) in [5.74, 6) is -1.45. The highest BCUT2D eigenvalue weighted by molar-refractivity contribution is 6.24. The fourth-order valence-electron chi connectivity index (χ4n) is 4.71. The molecule has 2 aromatic rings. The van der Waals surface area contributed by atoms with Crippen LogP contribution in [0.4, 0.5) is 10.1 Å². The summed E-state index contributed by atoms with van der Waals surface area (Å²) in [5.41, 5.74) is 1.87. The van der Waals surface area contributed by atoms with E-state index in [-0.39, 0.29) is 17.9 Å². The predicted molar refractivity (Wildman–Crippen MR) is 98.1 cm³/mol. The summed E-state index contributed by atoms with van der Waals surface area (Å²) in [5, 5.41) is 13.2. The number of hydrazine groups is 1. The van der Waals surface area contributed by atoms with Crippen molar-refractivity contribution in [2.45, 2.75) is 18.5 Å². The quantitative estimate of drug-likeness (QED) is 0.752. The van der Waals surface area contributed by atoms with Gasteiger partial charge in [-0.15, -0.1) is 0 Å². The van der Waals surface area contributed by atoms with Gasteiger partial charge in [0.05, 0.1) is 29.3 Å². The van der Waals surface area contributed by atoms with Gasteiger partial charge in [0.15, 0.2) is 0 Å². The van der Waals surface area contributed by atoms with Crippen LogP contribution in [0.3, 0.4) is 0 Å². The van der Waals surface area contributed by atoms with E-state index < -0.39 is 17.8 Å². The zero-order valence-electron chi connectivity index (χ0n) is 15.0. The maximum atomic E-state index is 13.3. The Morgan fingerprint density at radius 1 is 0.893 bits per heavy atom. The van der Waals surface area contributed by atoms with Crippen LogP contribution in [0, 0.1) is 23.1 Å². The molecule has 0 unspecified atom stereocenters. The third-order valence-corrected chi connectivity index (χ3v) is 5.87. The number of anilines is 1. The number of nitriles is 1. The minimum Gasteiger partial charge on any atom is -0.274 e. The van der Waals surface area contributed by atoms with Gasteiger partial charge in [0, 0.05) is 13.1 Å². The van der Waals surface area contributed by atoms with E-state index in [1.54, 1.807) is 12.1 Å². The maximum absolute atomic E-state index is 13.3. The number of benzene rings is 2. The first-order valence-corrected chi connectivity index (χ1v) is 9.27. The Bertz CT molecular complexity index is 999. The van der Waals surface area contributed by atoms with Gasteiger partial charge in [-0.1, -0.05) is 12.1 Å². The van der Waals surface area contributed by atoms with Gasteiger partial charge in [-0.05, 0) is 48.4 Å². The second-order valence-electron chi connectivity index (χ2n) is 7.32. The van der Waals surface area contributed by atoms with Gasteiger partial charge < -0.3 is 0 Å². The van der Waals surface area contributed by atoms with Gasteiger partial charge in [-0.25, -0.2) is 19.3 Å².